The lowest BCUT2D eigenvalue weighted by atomic mass is 10.1. The summed E-state index contributed by atoms with van der Waals surface area (Å²) in [5.74, 6) is 0.557. The van der Waals surface area contributed by atoms with Gasteiger partial charge < -0.3 is 9.72 Å². The first-order valence-electron chi connectivity index (χ1n) is 6.58. The molecule has 2 aromatic carbocycles. The van der Waals surface area contributed by atoms with Crippen molar-refractivity contribution in [2.45, 2.75) is 6.92 Å². The van der Waals surface area contributed by atoms with Crippen molar-refractivity contribution in [3.8, 4) is 5.75 Å². The Kier molecular flexibility index (Phi) is 3.46. The number of nitro benzene ring substituents is 1. The summed E-state index contributed by atoms with van der Waals surface area (Å²) in [5.41, 5.74) is 0.0665. The van der Waals surface area contributed by atoms with E-state index in [0.717, 1.165) is 0 Å². The normalized spacial score (nSPS) is 11.0. The van der Waals surface area contributed by atoms with Crippen LogP contribution in [0.1, 0.15) is 6.92 Å². The van der Waals surface area contributed by atoms with Gasteiger partial charge in [0.25, 0.3) is 5.69 Å². The highest BCUT2D eigenvalue weighted by Gasteiger charge is 2.18. The number of ether oxygens (including phenoxy) is 1. The number of H-pyrrole nitrogens is 1. The van der Waals surface area contributed by atoms with Crippen molar-refractivity contribution < 1.29 is 9.66 Å². The second-order valence-electron chi connectivity index (χ2n) is 4.67. The summed E-state index contributed by atoms with van der Waals surface area (Å²) in [7, 11) is 0. The molecule has 112 valence electrons. The topological polar surface area (TPSA) is 85.2 Å². The lowest BCUT2D eigenvalue weighted by Crippen LogP contribution is -2.07. The van der Waals surface area contributed by atoms with Crippen LogP contribution in [-0.2, 0) is 0 Å². The molecule has 0 saturated heterocycles. The highest BCUT2D eigenvalue weighted by atomic mass is 35.5. The van der Waals surface area contributed by atoms with Crippen molar-refractivity contribution in [1.82, 2.24) is 4.98 Å². The van der Waals surface area contributed by atoms with Crippen LogP contribution in [0.4, 0.5) is 5.69 Å². The molecule has 0 saturated carbocycles. The van der Waals surface area contributed by atoms with E-state index in [1.165, 1.54) is 12.1 Å². The molecule has 0 spiro atoms. The SMILES string of the molecule is CCOc1ccc2[nH]c3c([N+](=O)[O-])ccc(Cl)c3c(=O)c2c1. The highest BCUT2D eigenvalue weighted by Crippen LogP contribution is 2.30. The molecule has 0 bridgehead atoms. The van der Waals surface area contributed by atoms with Crippen LogP contribution >= 0.6 is 11.6 Å². The molecule has 0 aliphatic carbocycles. The molecule has 0 radical (unpaired) electrons. The van der Waals surface area contributed by atoms with E-state index in [9.17, 15) is 14.9 Å². The number of halogens is 1. The highest BCUT2D eigenvalue weighted by molar-refractivity contribution is 6.36. The predicted molar refractivity (Wildman–Crippen MR) is 84.9 cm³/mol. The number of fused-ring (bicyclic) bond motifs is 2. The number of benzene rings is 2. The number of nitro groups is 1. The quantitative estimate of drug-likeness (QED) is 0.454. The van der Waals surface area contributed by atoms with Gasteiger partial charge >= 0.3 is 0 Å². The zero-order chi connectivity index (χ0) is 15.9. The Morgan fingerprint density at radius 3 is 2.77 bits per heavy atom. The molecule has 0 amide bonds. The summed E-state index contributed by atoms with van der Waals surface area (Å²) in [6, 6.07) is 7.60. The third-order valence-corrected chi connectivity index (χ3v) is 3.68. The van der Waals surface area contributed by atoms with Gasteiger partial charge in [0, 0.05) is 11.5 Å². The third kappa shape index (κ3) is 2.17. The molecule has 7 heteroatoms. The van der Waals surface area contributed by atoms with Crippen LogP contribution in [0.3, 0.4) is 0 Å². The molecule has 1 N–H and O–H groups in total. The van der Waals surface area contributed by atoms with E-state index in [2.05, 4.69) is 4.98 Å². The molecule has 0 unspecified atom stereocenters. The maximum atomic E-state index is 12.7. The second kappa shape index (κ2) is 5.31. The number of rotatable bonds is 3. The summed E-state index contributed by atoms with van der Waals surface area (Å²) < 4.78 is 5.38. The van der Waals surface area contributed by atoms with Gasteiger partial charge in [-0.1, -0.05) is 11.6 Å². The van der Waals surface area contributed by atoms with Crippen molar-refractivity contribution in [2.75, 3.05) is 6.61 Å². The lowest BCUT2D eigenvalue weighted by molar-refractivity contribution is -0.383. The Labute approximate surface area is 129 Å². The van der Waals surface area contributed by atoms with Gasteiger partial charge in [-0.2, -0.15) is 0 Å². The monoisotopic (exact) mass is 318 g/mol. The van der Waals surface area contributed by atoms with E-state index in [-0.39, 0.29) is 27.0 Å². The van der Waals surface area contributed by atoms with Crippen LogP contribution in [0, 0.1) is 10.1 Å². The van der Waals surface area contributed by atoms with Crippen LogP contribution < -0.4 is 10.2 Å². The maximum Gasteiger partial charge on any atom is 0.293 e. The third-order valence-electron chi connectivity index (χ3n) is 3.36. The number of nitrogens with zero attached hydrogens (tertiary/aromatic N) is 1. The van der Waals surface area contributed by atoms with E-state index in [0.29, 0.717) is 23.3 Å². The molecule has 0 aliphatic heterocycles. The summed E-state index contributed by atoms with van der Waals surface area (Å²) >= 11 is 6.07. The van der Waals surface area contributed by atoms with Crippen molar-refractivity contribution >= 4 is 39.1 Å². The molecule has 0 fully saturated rings. The van der Waals surface area contributed by atoms with Gasteiger partial charge in [0.2, 0.25) is 0 Å². The fourth-order valence-electron chi connectivity index (χ4n) is 2.41. The minimum absolute atomic E-state index is 0.108. The van der Waals surface area contributed by atoms with E-state index in [4.69, 9.17) is 16.3 Å². The molecule has 1 heterocycles. The zero-order valence-corrected chi connectivity index (χ0v) is 12.3. The van der Waals surface area contributed by atoms with Gasteiger partial charge in [0.1, 0.15) is 11.3 Å². The van der Waals surface area contributed by atoms with Gasteiger partial charge in [-0.3, -0.25) is 14.9 Å². The maximum absolute atomic E-state index is 12.7. The van der Waals surface area contributed by atoms with Crippen molar-refractivity contribution in [3.05, 3.63) is 55.7 Å². The fourth-order valence-corrected chi connectivity index (χ4v) is 2.66. The van der Waals surface area contributed by atoms with Gasteiger partial charge in [0.15, 0.2) is 5.43 Å². The largest absolute Gasteiger partial charge is 0.494 e. The first-order chi connectivity index (χ1) is 10.5. The molecule has 22 heavy (non-hydrogen) atoms. The first-order valence-corrected chi connectivity index (χ1v) is 6.96. The van der Waals surface area contributed by atoms with E-state index in [1.54, 1.807) is 18.2 Å². The van der Waals surface area contributed by atoms with Crippen molar-refractivity contribution in [1.29, 1.82) is 0 Å². The number of hydrogen-bond donors (Lipinski definition) is 1. The Bertz CT molecular complexity index is 965. The van der Waals surface area contributed by atoms with E-state index >= 15 is 0 Å². The molecular weight excluding hydrogens is 308 g/mol. The zero-order valence-electron chi connectivity index (χ0n) is 11.6. The van der Waals surface area contributed by atoms with Crippen LogP contribution in [0.15, 0.2) is 35.1 Å². The summed E-state index contributed by atoms with van der Waals surface area (Å²) in [4.78, 5) is 26.2. The number of hydrogen-bond acceptors (Lipinski definition) is 4. The standard InChI is InChI=1S/C15H11ClN2O4/c1-2-22-8-3-5-11-9(7-8)15(19)13-10(16)4-6-12(18(20)21)14(13)17-11/h3-7H,2H2,1H3,(H,17,19). The number of nitrogens with one attached hydrogen (secondary N) is 1. The van der Waals surface area contributed by atoms with Gasteiger partial charge in [-0.25, -0.2) is 0 Å². The van der Waals surface area contributed by atoms with Crippen LogP contribution in [0.5, 0.6) is 5.75 Å². The summed E-state index contributed by atoms with van der Waals surface area (Å²) in [6.45, 7) is 2.32. The minimum Gasteiger partial charge on any atom is -0.494 e. The Morgan fingerprint density at radius 1 is 1.32 bits per heavy atom. The van der Waals surface area contributed by atoms with Gasteiger partial charge in [0.05, 0.1) is 27.5 Å². The average molecular weight is 319 g/mol. The average Bonchev–Trinajstić information content (AvgIpc) is 2.48. The van der Waals surface area contributed by atoms with Crippen LogP contribution in [0.25, 0.3) is 21.8 Å². The van der Waals surface area contributed by atoms with Crippen LogP contribution in [-0.4, -0.2) is 16.5 Å². The number of non-ortho nitro benzene ring substituents is 1. The Morgan fingerprint density at radius 2 is 2.09 bits per heavy atom. The predicted octanol–water partition coefficient (Wildman–Crippen LogP) is 3.64. The number of aromatic amines is 1. The molecular formula is C15H11ClN2O4. The van der Waals surface area contributed by atoms with Crippen LogP contribution in [0.2, 0.25) is 5.02 Å². The minimum atomic E-state index is -0.547. The first kappa shape index (κ1) is 14.3. The Balaban J connectivity index is 2.46. The van der Waals surface area contributed by atoms with Gasteiger partial charge in [-0.05, 0) is 31.2 Å². The van der Waals surface area contributed by atoms with E-state index in [1.807, 2.05) is 6.92 Å². The van der Waals surface area contributed by atoms with Crippen molar-refractivity contribution in [2.24, 2.45) is 0 Å². The number of pyridine rings is 1. The molecule has 1 aromatic heterocycles. The summed E-state index contributed by atoms with van der Waals surface area (Å²) in [5, 5.41) is 11.8. The van der Waals surface area contributed by atoms with Crippen molar-refractivity contribution in [3.63, 3.8) is 0 Å². The van der Waals surface area contributed by atoms with Gasteiger partial charge in [-0.15, -0.1) is 0 Å². The molecule has 3 rings (SSSR count). The molecule has 0 aliphatic rings. The smallest absolute Gasteiger partial charge is 0.293 e. The molecule has 0 atom stereocenters. The second-order valence-corrected chi connectivity index (χ2v) is 5.08. The Hall–Kier alpha value is -2.60. The number of aromatic nitrogens is 1. The lowest BCUT2D eigenvalue weighted by Gasteiger charge is -2.07. The summed E-state index contributed by atoms with van der Waals surface area (Å²) in [6.07, 6.45) is 0. The molecule has 3 aromatic rings. The fraction of sp³-hybridized carbons (Fsp3) is 0.133. The van der Waals surface area contributed by atoms with E-state index < -0.39 is 4.92 Å². The molecule has 6 nitrogen and oxygen atoms in total.